The van der Waals surface area contributed by atoms with Gasteiger partial charge in [-0.25, -0.2) is 0 Å². The van der Waals surface area contributed by atoms with E-state index in [1.165, 1.54) is 11.3 Å². The van der Waals surface area contributed by atoms with E-state index in [9.17, 15) is 4.79 Å². The first-order chi connectivity index (χ1) is 8.06. The second kappa shape index (κ2) is 4.77. The van der Waals surface area contributed by atoms with Crippen molar-refractivity contribution in [3.8, 4) is 0 Å². The van der Waals surface area contributed by atoms with E-state index in [-0.39, 0.29) is 5.91 Å². The maximum atomic E-state index is 11.9. The summed E-state index contributed by atoms with van der Waals surface area (Å²) in [6.45, 7) is 1.89. The van der Waals surface area contributed by atoms with E-state index >= 15 is 0 Å². The molecule has 1 amide bonds. The van der Waals surface area contributed by atoms with E-state index in [0.29, 0.717) is 14.9 Å². The highest BCUT2D eigenvalue weighted by molar-refractivity contribution is 7.17. The largest absolute Gasteiger partial charge is 0.391 e. The number of hydrogen-bond acceptors (Lipinski definition) is 3. The molecular formula is C12H11ClN2OS. The van der Waals surface area contributed by atoms with Gasteiger partial charge in [0.05, 0.1) is 9.88 Å². The van der Waals surface area contributed by atoms with Crippen LogP contribution in [0.2, 0.25) is 5.02 Å². The lowest BCUT2D eigenvalue weighted by atomic mass is 10.2. The highest BCUT2D eigenvalue weighted by Gasteiger charge is 2.09. The van der Waals surface area contributed by atoms with Crippen LogP contribution in [0.5, 0.6) is 0 Å². The second-order valence-corrected chi connectivity index (χ2v) is 5.17. The number of nitrogens with two attached hydrogens (primary N) is 1. The molecule has 17 heavy (non-hydrogen) atoms. The van der Waals surface area contributed by atoms with Crippen LogP contribution in [-0.2, 0) is 0 Å². The Morgan fingerprint density at radius 1 is 1.35 bits per heavy atom. The average Bonchev–Trinajstić information content (AvgIpc) is 2.69. The predicted molar refractivity (Wildman–Crippen MR) is 72.9 cm³/mol. The lowest BCUT2D eigenvalue weighted by Crippen LogP contribution is -2.10. The van der Waals surface area contributed by atoms with Crippen LogP contribution >= 0.6 is 22.9 Å². The van der Waals surface area contributed by atoms with Gasteiger partial charge in [0.25, 0.3) is 5.91 Å². The molecule has 5 heteroatoms. The standard InChI is InChI=1S/C12H11ClN2OS/c1-7-6-8(13)2-3-9(7)15-12(16)10-4-5-11(14)17-10/h2-6H,14H2,1H3,(H,15,16). The molecule has 0 fully saturated rings. The van der Waals surface area contributed by atoms with E-state index in [1.54, 1.807) is 30.3 Å². The SMILES string of the molecule is Cc1cc(Cl)ccc1NC(=O)c1ccc(N)s1. The van der Waals surface area contributed by atoms with Crippen molar-refractivity contribution in [2.24, 2.45) is 0 Å². The first-order valence-electron chi connectivity index (χ1n) is 4.99. The van der Waals surface area contributed by atoms with Gasteiger partial charge in [0, 0.05) is 10.7 Å². The Bertz CT molecular complexity index is 565. The Morgan fingerprint density at radius 3 is 2.71 bits per heavy atom. The van der Waals surface area contributed by atoms with Gasteiger partial charge in [-0.2, -0.15) is 0 Å². The third-order valence-electron chi connectivity index (χ3n) is 2.29. The summed E-state index contributed by atoms with van der Waals surface area (Å²) in [4.78, 5) is 12.5. The lowest BCUT2D eigenvalue weighted by Gasteiger charge is -2.07. The molecule has 1 aromatic carbocycles. The van der Waals surface area contributed by atoms with E-state index in [0.717, 1.165) is 11.3 Å². The minimum absolute atomic E-state index is 0.155. The van der Waals surface area contributed by atoms with Crippen molar-refractivity contribution in [1.82, 2.24) is 0 Å². The third-order valence-corrected chi connectivity index (χ3v) is 3.44. The van der Waals surface area contributed by atoms with Gasteiger partial charge in [0.15, 0.2) is 0 Å². The Morgan fingerprint density at radius 2 is 2.12 bits per heavy atom. The van der Waals surface area contributed by atoms with Gasteiger partial charge >= 0.3 is 0 Å². The lowest BCUT2D eigenvalue weighted by molar-refractivity contribution is 0.103. The number of halogens is 1. The molecule has 2 rings (SSSR count). The summed E-state index contributed by atoms with van der Waals surface area (Å²) in [6, 6.07) is 8.76. The molecule has 0 radical (unpaired) electrons. The summed E-state index contributed by atoms with van der Waals surface area (Å²) in [7, 11) is 0. The van der Waals surface area contributed by atoms with Crippen molar-refractivity contribution in [3.05, 3.63) is 45.8 Å². The van der Waals surface area contributed by atoms with Crippen molar-refractivity contribution >= 4 is 39.5 Å². The molecule has 0 bridgehead atoms. The first-order valence-corrected chi connectivity index (χ1v) is 6.18. The Labute approximate surface area is 108 Å². The molecule has 0 aliphatic heterocycles. The van der Waals surface area contributed by atoms with Gasteiger partial charge in [-0.15, -0.1) is 11.3 Å². The molecule has 0 aliphatic rings. The topological polar surface area (TPSA) is 55.1 Å². The number of anilines is 2. The Balaban J connectivity index is 2.18. The quantitative estimate of drug-likeness (QED) is 0.873. The maximum absolute atomic E-state index is 11.9. The van der Waals surface area contributed by atoms with Crippen LogP contribution in [0.1, 0.15) is 15.2 Å². The first kappa shape index (κ1) is 12.0. The Hall–Kier alpha value is -1.52. The van der Waals surface area contributed by atoms with Crippen LogP contribution in [0.25, 0.3) is 0 Å². The smallest absolute Gasteiger partial charge is 0.265 e. The zero-order chi connectivity index (χ0) is 12.4. The Kier molecular flexibility index (Phi) is 3.36. The molecule has 1 aromatic heterocycles. The summed E-state index contributed by atoms with van der Waals surface area (Å²) in [5.41, 5.74) is 7.26. The van der Waals surface area contributed by atoms with Gasteiger partial charge in [0.2, 0.25) is 0 Å². The van der Waals surface area contributed by atoms with Gasteiger partial charge in [0.1, 0.15) is 0 Å². The minimum Gasteiger partial charge on any atom is -0.391 e. The molecule has 0 spiro atoms. The molecule has 88 valence electrons. The molecule has 0 saturated heterocycles. The molecule has 0 unspecified atom stereocenters. The number of carbonyl (C=O) groups excluding carboxylic acids is 1. The van der Waals surface area contributed by atoms with Crippen LogP contribution in [0.4, 0.5) is 10.7 Å². The number of carbonyl (C=O) groups is 1. The fourth-order valence-corrected chi connectivity index (χ4v) is 2.32. The number of amides is 1. The van der Waals surface area contributed by atoms with E-state index in [1.807, 2.05) is 6.92 Å². The van der Waals surface area contributed by atoms with Gasteiger partial charge in [-0.1, -0.05) is 11.6 Å². The van der Waals surface area contributed by atoms with Crippen molar-refractivity contribution in [2.75, 3.05) is 11.1 Å². The number of rotatable bonds is 2. The number of hydrogen-bond donors (Lipinski definition) is 2. The molecule has 2 aromatic rings. The highest BCUT2D eigenvalue weighted by atomic mass is 35.5. The number of nitrogen functional groups attached to an aromatic ring is 1. The molecule has 0 aliphatic carbocycles. The normalized spacial score (nSPS) is 10.2. The summed E-state index contributed by atoms with van der Waals surface area (Å²) < 4.78 is 0. The molecule has 3 N–H and O–H groups in total. The van der Waals surface area contributed by atoms with Gasteiger partial charge in [-0.05, 0) is 42.8 Å². The third kappa shape index (κ3) is 2.78. The van der Waals surface area contributed by atoms with Crippen molar-refractivity contribution < 1.29 is 4.79 Å². The van der Waals surface area contributed by atoms with E-state index in [4.69, 9.17) is 17.3 Å². The highest BCUT2D eigenvalue weighted by Crippen LogP contribution is 2.23. The average molecular weight is 267 g/mol. The molecule has 3 nitrogen and oxygen atoms in total. The molecule has 0 saturated carbocycles. The number of nitrogens with one attached hydrogen (secondary N) is 1. The van der Waals surface area contributed by atoms with Crippen LogP contribution in [-0.4, -0.2) is 5.91 Å². The fourth-order valence-electron chi connectivity index (χ4n) is 1.43. The fraction of sp³-hybridized carbons (Fsp3) is 0.0833. The van der Waals surface area contributed by atoms with Gasteiger partial charge in [-0.3, -0.25) is 4.79 Å². The van der Waals surface area contributed by atoms with Crippen molar-refractivity contribution in [3.63, 3.8) is 0 Å². The summed E-state index contributed by atoms with van der Waals surface area (Å²) >= 11 is 7.11. The van der Waals surface area contributed by atoms with Gasteiger partial charge < -0.3 is 11.1 Å². The zero-order valence-corrected chi connectivity index (χ0v) is 10.7. The monoisotopic (exact) mass is 266 g/mol. The zero-order valence-electron chi connectivity index (χ0n) is 9.16. The summed E-state index contributed by atoms with van der Waals surface area (Å²) in [6.07, 6.45) is 0. The molecule has 1 heterocycles. The summed E-state index contributed by atoms with van der Waals surface area (Å²) in [5.74, 6) is -0.155. The van der Waals surface area contributed by atoms with Crippen LogP contribution < -0.4 is 11.1 Å². The number of benzene rings is 1. The molecular weight excluding hydrogens is 256 g/mol. The van der Waals surface area contributed by atoms with E-state index in [2.05, 4.69) is 5.32 Å². The van der Waals surface area contributed by atoms with Crippen LogP contribution in [0.15, 0.2) is 30.3 Å². The minimum atomic E-state index is -0.155. The van der Waals surface area contributed by atoms with E-state index < -0.39 is 0 Å². The van der Waals surface area contributed by atoms with Crippen LogP contribution in [0, 0.1) is 6.92 Å². The second-order valence-electron chi connectivity index (χ2n) is 3.62. The van der Waals surface area contributed by atoms with Crippen molar-refractivity contribution in [2.45, 2.75) is 6.92 Å². The number of thiophene rings is 1. The number of aryl methyl sites for hydroxylation is 1. The maximum Gasteiger partial charge on any atom is 0.265 e. The van der Waals surface area contributed by atoms with Crippen molar-refractivity contribution in [1.29, 1.82) is 0 Å². The van der Waals surface area contributed by atoms with Crippen LogP contribution in [0.3, 0.4) is 0 Å². The summed E-state index contributed by atoms with van der Waals surface area (Å²) in [5, 5.41) is 4.11. The predicted octanol–water partition coefficient (Wildman–Crippen LogP) is 3.54. The molecule has 0 atom stereocenters.